The number of rotatable bonds is 7. The van der Waals surface area contributed by atoms with Crippen molar-refractivity contribution in [2.75, 3.05) is 82.9 Å². The van der Waals surface area contributed by atoms with Crippen LogP contribution in [0.4, 0.5) is 11.4 Å². The highest BCUT2D eigenvalue weighted by molar-refractivity contribution is 5.80. The molecule has 0 aromatic heterocycles. The van der Waals surface area contributed by atoms with Crippen molar-refractivity contribution < 1.29 is 9.53 Å². The maximum absolute atomic E-state index is 13.5. The zero-order valence-corrected chi connectivity index (χ0v) is 24.6. The smallest absolute Gasteiger partial charge is 0.227 e. The molecule has 0 saturated carbocycles. The van der Waals surface area contributed by atoms with Crippen LogP contribution in [-0.2, 0) is 30.7 Å². The molecule has 41 heavy (non-hydrogen) atoms. The summed E-state index contributed by atoms with van der Waals surface area (Å²) in [6.07, 6.45) is 1.27. The molecule has 6 rings (SSSR count). The van der Waals surface area contributed by atoms with Gasteiger partial charge in [-0.25, -0.2) is 0 Å². The minimum atomic E-state index is 0.199. The van der Waals surface area contributed by atoms with Crippen LogP contribution in [0.3, 0.4) is 0 Å². The molecule has 7 heteroatoms. The van der Waals surface area contributed by atoms with Gasteiger partial charge in [0.15, 0.2) is 0 Å². The van der Waals surface area contributed by atoms with E-state index in [0.717, 1.165) is 83.2 Å². The van der Waals surface area contributed by atoms with Crippen LogP contribution in [0.2, 0.25) is 0 Å². The van der Waals surface area contributed by atoms with Gasteiger partial charge >= 0.3 is 0 Å². The van der Waals surface area contributed by atoms with E-state index in [2.05, 4.69) is 93.4 Å². The first kappa shape index (κ1) is 27.6. The van der Waals surface area contributed by atoms with E-state index in [0.29, 0.717) is 13.0 Å². The van der Waals surface area contributed by atoms with E-state index in [9.17, 15) is 4.79 Å². The lowest BCUT2D eigenvalue weighted by Gasteiger charge is -2.38. The lowest BCUT2D eigenvalue weighted by molar-refractivity contribution is -0.131. The first-order valence-electron chi connectivity index (χ1n) is 15.1. The SMILES string of the molecule is COc1ccc(N2CCN(C)CC2)c2c1CCN(C(=O)Cc1ccc(N3CCN(Cc4ccccc4)CC3)cc1)C2. The average molecular weight is 554 g/mol. The second kappa shape index (κ2) is 12.5. The Morgan fingerprint density at radius 3 is 2.15 bits per heavy atom. The number of ether oxygens (including phenoxy) is 1. The number of anilines is 2. The molecule has 7 nitrogen and oxygen atoms in total. The van der Waals surface area contributed by atoms with E-state index < -0.39 is 0 Å². The summed E-state index contributed by atoms with van der Waals surface area (Å²) in [5.74, 6) is 1.14. The summed E-state index contributed by atoms with van der Waals surface area (Å²) in [5, 5.41) is 0. The van der Waals surface area contributed by atoms with Gasteiger partial charge in [0.2, 0.25) is 5.91 Å². The fourth-order valence-corrected chi connectivity index (χ4v) is 6.49. The summed E-state index contributed by atoms with van der Waals surface area (Å²) in [5.41, 5.74) is 7.49. The van der Waals surface area contributed by atoms with E-state index in [1.165, 1.54) is 28.1 Å². The molecule has 2 fully saturated rings. The molecule has 0 atom stereocenters. The third-order valence-electron chi connectivity index (χ3n) is 9.04. The van der Waals surface area contributed by atoms with Crippen LogP contribution in [0.1, 0.15) is 22.3 Å². The van der Waals surface area contributed by atoms with Gasteiger partial charge in [-0.1, -0.05) is 42.5 Å². The van der Waals surface area contributed by atoms with Crippen LogP contribution in [0.5, 0.6) is 5.75 Å². The minimum Gasteiger partial charge on any atom is -0.496 e. The molecule has 0 bridgehead atoms. The number of benzene rings is 3. The zero-order valence-electron chi connectivity index (χ0n) is 24.6. The molecule has 216 valence electrons. The van der Waals surface area contributed by atoms with Crippen molar-refractivity contribution in [1.82, 2.24) is 14.7 Å². The number of hydrogen-bond acceptors (Lipinski definition) is 6. The zero-order chi connectivity index (χ0) is 28.2. The van der Waals surface area contributed by atoms with Gasteiger partial charge in [-0.3, -0.25) is 9.69 Å². The highest BCUT2D eigenvalue weighted by Crippen LogP contribution is 2.36. The Hall–Kier alpha value is -3.55. The summed E-state index contributed by atoms with van der Waals surface area (Å²) < 4.78 is 5.72. The van der Waals surface area contributed by atoms with Crippen molar-refractivity contribution in [2.45, 2.75) is 25.9 Å². The van der Waals surface area contributed by atoms with E-state index in [-0.39, 0.29) is 5.91 Å². The number of amides is 1. The molecule has 0 unspecified atom stereocenters. The van der Waals surface area contributed by atoms with E-state index in [1.807, 2.05) is 4.90 Å². The summed E-state index contributed by atoms with van der Waals surface area (Å²) in [4.78, 5) is 25.4. The van der Waals surface area contributed by atoms with Gasteiger partial charge in [-0.15, -0.1) is 0 Å². The number of likely N-dealkylation sites (N-methyl/N-ethyl adjacent to an activating group) is 1. The Morgan fingerprint density at radius 1 is 0.732 bits per heavy atom. The lowest BCUT2D eigenvalue weighted by Crippen LogP contribution is -2.46. The molecule has 3 aliphatic heterocycles. The number of piperazine rings is 2. The lowest BCUT2D eigenvalue weighted by atomic mass is 9.95. The molecular weight excluding hydrogens is 510 g/mol. The number of carbonyl (C=O) groups is 1. The van der Waals surface area contributed by atoms with Crippen LogP contribution >= 0.6 is 0 Å². The summed E-state index contributed by atoms with van der Waals surface area (Å²) in [6, 6.07) is 23.7. The molecule has 3 aromatic rings. The molecule has 0 radical (unpaired) electrons. The Labute approximate surface area is 244 Å². The van der Waals surface area contributed by atoms with Gasteiger partial charge in [0.1, 0.15) is 5.75 Å². The Morgan fingerprint density at radius 2 is 1.44 bits per heavy atom. The van der Waals surface area contributed by atoms with Crippen molar-refractivity contribution in [3.8, 4) is 5.75 Å². The average Bonchev–Trinajstić information content (AvgIpc) is 3.02. The monoisotopic (exact) mass is 553 g/mol. The molecular formula is C34H43N5O2. The largest absolute Gasteiger partial charge is 0.496 e. The van der Waals surface area contributed by atoms with Crippen LogP contribution in [0, 0.1) is 0 Å². The van der Waals surface area contributed by atoms with Gasteiger partial charge in [-0.05, 0) is 48.9 Å². The number of nitrogens with zero attached hydrogens (tertiary/aromatic N) is 5. The number of carbonyl (C=O) groups excluding carboxylic acids is 1. The predicted octanol–water partition coefficient (Wildman–Crippen LogP) is 3.90. The molecule has 0 N–H and O–H groups in total. The van der Waals surface area contributed by atoms with E-state index >= 15 is 0 Å². The first-order chi connectivity index (χ1) is 20.1. The highest BCUT2D eigenvalue weighted by Gasteiger charge is 2.28. The molecule has 3 aliphatic rings. The Bertz CT molecular complexity index is 1310. The number of methoxy groups -OCH3 is 1. The van der Waals surface area contributed by atoms with Gasteiger partial charge in [-0.2, -0.15) is 0 Å². The molecule has 3 heterocycles. The maximum Gasteiger partial charge on any atom is 0.227 e. The summed E-state index contributed by atoms with van der Waals surface area (Å²) >= 11 is 0. The minimum absolute atomic E-state index is 0.199. The van der Waals surface area contributed by atoms with Gasteiger partial charge in [0.25, 0.3) is 0 Å². The van der Waals surface area contributed by atoms with Gasteiger partial charge in [0, 0.05) is 94.5 Å². The molecule has 3 aromatic carbocycles. The fourth-order valence-electron chi connectivity index (χ4n) is 6.49. The molecule has 1 amide bonds. The van der Waals surface area contributed by atoms with Gasteiger partial charge < -0.3 is 24.3 Å². The molecule has 0 aliphatic carbocycles. The van der Waals surface area contributed by atoms with Crippen LogP contribution in [-0.4, -0.2) is 93.7 Å². The highest BCUT2D eigenvalue weighted by atomic mass is 16.5. The quantitative estimate of drug-likeness (QED) is 0.442. The van der Waals surface area contributed by atoms with Crippen molar-refractivity contribution in [2.24, 2.45) is 0 Å². The van der Waals surface area contributed by atoms with E-state index in [1.54, 1.807) is 7.11 Å². The maximum atomic E-state index is 13.5. The molecule has 2 saturated heterocycles. The Kier molecular flexibility index (Phi) is 8.44. The summed E-state index contributed by atoms with van der Waals surface area (Å²) in [7, 11) is 3.93. The van der Waals surface area contributed by atoms with Crippen molar-refractivity contribution in [3.63, 3.8) is 0 Å². The third-order valence-corrected chi connectivity index (χ3v) is 9.04. The van der Waals surface area contributed by atoms with Gasteiger partial charge in [0.05, 0.1) is 13.5 Å². The second-order valence-corrected chi connectivity index (χ2v) is 11.7. The number of fused-ring (bicyclic) bond motifs is 1. The van der Waals surface area contributed by atoms with Crippen LogP contribution in [0.25, 0.3) is 0 Å². The van der Waals surface area contributed by atoms with Crippen molar-refractivity contribution >= 4 is 17.3 Å². The van der Waals surface area contributed by atoms with Crippen molar-refractivity contribution in [3.05, 3.63) is 89.0 Å². The summed E-state index contributed by atoms with van der Waals surface area (Å²) in [6.45, 7) is 10.7. The third kappa shape index (κ3) is 6.36. The van der Waals surface area contributed by atoms with Crippen molar-refractivity contribution in [1.29, 1.82) is 0 Å². The van der Waals surface area contributed by atoms with E-state index in [4.69, 9.17) is 4.74 Å². The second-order valence-electron chi connectivity index (χ2n) is 11.7. The normalized spacial score (nSPS) is 18.3. The fraction of sp³-hybridized carbons (Fsp3) is 0.441. The predicted molar refractivity (Wildman–Crippen MR) is 166 cm³/mol. The topological polar surface area (TPSA) is 42.5 Å². The number of hydrogen-bond donors (Lipinski definition) is 0. The van der Waals surface area contributed by atoms with Crippen LogP contribution < -0.4 is 14.5 Å². The Balaban J connectivity index is 1.06. The first-order valence-corrected chi connectivity index (χ1v) is 15.1. The standard InChI is InChI=1S/C34H43N5O2/c1-35-16-20-38(21-17-35)32-12-13-33(41-2)30-14-15-39(26-31(30)32)34(40)24-27-8-10-29(11-9-27)37-22-18-36(19-23-37)25-28-6-4-3-5-7-28/h3-13H,14-26H2,1-2H3. The molecule has 0 spiro atoms. The van der Waals surface area contributed by atoms with Crippen LogP contribution in [0.15, 0.2) is 66.7 Å².